The van der Waals surface area contributed by atoms with Crippen molar-refractivity contribution in [1.82, 2.24) is 0 Å². The van der Waals surface area contributed by atoms with E-state index in [1.54, 1.807) is 0 Å². The number of halogens is 1. The Balaban J connectivity index is 1.71. The van der Waals surface area contributed by atoms with Gasteiger partial charge in [-0.2, -0.15) is 0 Å². The second kappa shape index (κ2) is 11.4. The Morgan fingerprint density at radius 2 is 2.09 bits per heavy atom. The number of aliphatic hydroxyl groups is 2. The zero-order valence-corrected chi connectivity index (χ0v) is 23.2. The largest absolute Gasteiger partial charge is 0.461 e. The van der Waals surface area contributed by atoms with Gasteiger partial charge in [0.1, 0.15) is 11.4 Å². The molecule has 6 atom stereocenters. The van der Waals surface area contributed by atoms with Crippen LogP contribution in [0.15, 0.2) is 35.5 Å². The second-order valence-electron chi connectivity index (χ2n) is 11.9. The molecule has 0 aromatic heterocycles. The summed E-state index contributed by atoms with van der Waals surface area (Å²) in [4.78, 5) is 11.7. The molecule has 0 saturated heterocycles. The highest BCUT2D eigenvalue weighted by Crippen LogP contribution is 2.60. The summed E-state index contributed by atoms with van der Waals surface area (Å²) in [7, 11) is 0. The standard InChI is InChI=1S/C29H45BrO4/c1-19(8-6-14-28(3,4)33)24-12-13-25-21(9-7-15-29(24,25)5)10-11-22-16-23(34-27(32)18-30)17-26(31)20(22)2/h10-11,19,23-26,31,33H,2,6-9,12-18H2,1,3-5H3/b21-10+,22-11-/t19-,23-,24?,25+,26+,29-/m1/s1. The van der Waals surface area contributed by atoms with Crippen molar-refractivity contribution in [2.45, 2.75) is 110 Å². The molecular formula is C29H45BrO4. The Hall–Kier alpha value is -0.910. The minimum atomic E-state index is -0.663. The van der Waals surface area contributed by atoms with Gasteiger partial charge >= 0.3 is 5.97 Å². The van der Waals surface area contributed by atoms with Gasteiger partial charge < -0.3 is 14.9 Å². The highest BCUT2D eigenvalue weighted by atomic mass is 79.9. The molecule has 0 amide bonds. The van der Waals surface area contributed by atoms with Crippen molar-refractivity contribution in [2.24, 2.45) is 23.2 Å². The number of allylic oxidation sites excluding steroid dienone is 3. The fourth-order valence-electron chi connectivity index (χ4n) is 7.03. The number of rotatable bonds is 8. The molecule has 192 valence electrons. The fraction of sp³-hybridized carbons (Fsp3) is 0.759. The van der Waals surface area contributed by atoms with Crippen molar-refractivity contribution in [3.8, 4) is 0 Å². The van der Waals surface area contributed by atoms with Crippen LogP contribution in [0.4, 0.5) is 0 Å². The SMILES string of the molecule is C=C1/C(=C\C=C2/CCC[C@]3(C)C([C@H](C)CCCC(C)(C)O)CC[C@@H]23)C[C@@H](OC(=O)CBr)C[C@@H]1O. The molecule has 3 aliphatic carbocycles. The predicted octanol–water partition coefficient (Wildman–Crippen LogP) is 6.65. The molecule has 4 nitrogen and oxygen atoms in total. The molecule has 0 aromatic rings. The Kier molecular flexibility index (Phi) is 9.30. The first-order valence-electron chi connectivity index (χ1n) is 13.2. The maximum atomic E-state index is 11.7. The number of alkyl halides is 1. The van der Waals surface area contributed by atoms with Gasteiger partial charge in [0.25, 0.3) is 0 Å². The maximum absolute atomic E-state index is 11.7. The number of hydrogen-bond donors (Lipinski definition) is 2. The average molecular weight is 538 g/mol. The van der Waals surface area contributed by atoms with E-state index in [0.29, 0.717) is 30.1 Å². The summed E-state index contributed by atoms with van der Waals surface area (Å²) in [6.45, 7) is 12.9. The average Bonchev–Trinajstić information content (AvgIpc) is 3.11. The van der Waals surface area contributed by atoms with Crippen LogP contribution >= 0.6 is 15.9 Å². The van der Waals surface area contributed by atoms with E-state index in [4.69, 9.17) is 4.74 Å². The van der Waals surface area contributed by atoms with Gasteiger partial charge in [0.05, 0.1) is 11.7 Å². The van der Waals surface area contributed by atoms with E-state index in [9.17, 15) is 15.0 Å². The molecule has 3 fully saturated rings. The molecule has 0 aliphatic heterocycles. The molecule has 0 bridgehead atoms. The molecule has 3 saturated carbocycles. The monoisotopic (exact) mass is 536 g/mol. The van der Waals surface area contributed by atoms with Crippen molar-refractivity contribution >= 4 is 21.9 Å². The lowest BCUT2D eigenvalue weighted by Gasteiger charge is -2.44. The first-order chi connectivity index (χ1) is 15.9. The molecule has 2 N–H and O–H groups in total. The molecule has 34 heavy (non-hydrogen) atoms. The molecular weight excluding hydrogens is 492 g/mol. The van der Waals surface area contributed by atoms with Gasteiger partial charge in [-0.05, 0) is 86.7 Å². The third-order valence-corrected chi connectivity index (χ3v) is 9.28. The van der Waals surface area contributed by atoms with E-state index in [0.717, 1.165) is 36.3 Å². The molecule has 0 heterocycles. The van der Waals surface area contributed by atoms with Crippen LogP contribution < -0.4 is 0 Å². The molecule has 0 spiro atoms. The van der Waals surface area contributed by atoms with Crippen LogP contribution in [0.2, 0.25) is 0 Å². The van der Waals surface area contributed by atoms with Crippen LogP contribution in [0.5, 0.6) is 0 Å². The zero-order chi connectivity index (χ0) is 25.1. The van der Waals surface area contributed by atoms with Gasteiger partial charge in [-0.15, -0.1) is 0 Å². The highest BCUT2D eigenvalue weighted by molar-refractivity contribution is 9.09. The quantitative estimate of drug-likeness (QED) is 0.269. The van der Waals surface area contributed by atoms with Gasteiger partial charge in [0.15, 0.2) is 0 Å². The Labute approximate surface area is 215 Å². The van der Waals surface area contributed by atoms with Gasteiger partial charge in [0, 0.05) is 12.8 Å². The van der Waals surface area contributed by atoms with E-state index in [-0.39, 0.29) is 17.4 Å². The summed E-state index contributed by atoms with van der Waals surface area (Å²) < 4.78 is 5.50. The van der Waals surface area contributed by atoms with Crippen LogP contribution in [-0.4, -0.2) is 39.3 Å². The Morgan fingerprint density at radius 3 is 2.76 bits per heavy atom. The minimum Gasteiger partial charge on any atom is -0.461 e. The van der Waals surface area contributed by atoms with Crippen LogP contribution in [0.1, 0.15) is 91.9 Å². The number of esters is 1. The maximum Gasteiger partial charge on any atom is 0.316 e. The Morgan fingerprint density at radius 1 is 1.35 bits per heavy atom. The molecule has 0 aromatic carbocycles. The van der Waals surface area contributed by atoms with Crippen LogP contribution in [0.3, 0.4) is 0 Å². The smallest absolute Gasteiger partial charge is 0.316 e. The van der Waals surface area contributed by atoms with E-state index in [1.807, 2.05) is 13.8 Å². The summed E-state index contributed by atoms with van der Waals surface area (Å²) in [6, 6.07) is 0. The van der Waals surface area contributed by atoms with Crippen molar-refractivity contribution in [3.63, 3.8) is 0 Å². The summed E-state index contributed by atoms with van der Waals surface area (Å²) in [5.74, 6) is 1.73. The summed E-state index contributed by atoms with van der Waals surface area (Å²) in [5.41, 5.74) is 3.06. The number of fused-ring (bicyclic) bond motifs is 1. The van der Waals surface area contributed by atoms with E-state index in [1.165, 1.54) is 37.7 Å². The van der Waals surface area contributed by atoms with Crippen molar-refractivity contribution in [1.29, 1.82) is 0 Å². The molecule has 3 rings (SSSR count). The van der Waals surface area contributed by atoms with Crippen molar-refractivity contribution in [2.75, 3.05) is 5.33 Å². The number of aliphatic hydroxyl groups excluding tert-OH is 1. The van der Waals surface area contributed by atoms with Crippen LogP contribution in [0, 0.1) is 23.2 Å². The Bertz CT molecular complexity index is 807. The lowest BCUT2D eigenvalue weighted by molar-refractivity contribution is -0.147. The van der Waals surface area contributed by atoms with Crippen molar-refractivity contribution in [3.05, 3.63) is 35.5 Å². The molecule has 3 aliphatic rings. The molecule has 5 heteroatoms. The van der Waals surface area contributed by atoms with Crippen LogP contribution in [-0.2, 0) is 9.53 Å². The predicted molar refractivity (Wildman–Crippen MR) is 142 cm³/mol. The van der Waals surface area contributed by atoms with E-state index < -0.39 is 11.7 Å². The summed E-state index contributed by atoms with van der Waals surface area (Å²) >= 11 is 3.14. The van der Waals surface area contributed by atoms with Gasteiger partial charge in [0.2, 0.25) is 0 Å². The lowest BCUT2D eigenvalue weighted by atomic mass is 9.60. The van der Waals surface area contributed by atoms with E-state index in [2.05, 4.69) is 48.5 Å². The molecule has 0 radical (unpaired) electrons. The summed E-state index contributed by atoms with van der Waals surface area (Å²) in [5, 5.41) is 20.7. The molecule has 1 unspecified atom stereocenters. The highest BCUT2D eigenvalue weighted by Gasteiger charge is 2.50. The first kappa shape index (κ1) is 27.7. The summed E-state index contributed by atoms with van der Waals surface area (Å²) in [6.07, 6.45) is 13.8. The third kappa shape index (κ3) is 6.64. The minimum absolute atomic E-state index is 0.168. The fourth-order valence-corrected chi connectivity index (χ4v) is 7.16. The normalized spacial score (nSPS) is 35.4. The van der Waals surface area contributed by atoms with Gasteiger partial charge in [-0.3, -0.25) is 4.79 Å². The number of ether oxygens (including phenoxy) is 1. The van der Waals surface area contributed by atoms with Gasteiger partial charge in [-0.1, -0.05) is 66.9 Å². The number of carbonyl (C=O) groups excluding carboxylic acids is 1. The number of hydrogen-bond acceptors (Lipinski definition) is 4. The zero-order valence-electron chi connectivity index (χ0n) is 21.6. The second-order valence-corrected chi connectivity index (χ2v) is 12.5. The van der Waals surface area contributed by atoms with Gasteiger partial charge in [-0.25, -0.2) is 0 Å². The van der Waals surface area contributed by atoms with Crippen molar-refractivity contribution < 1.29 is 19.7 Å². The third-order valence-electron chi connectivity index (χ3n) is 8.83. The topological polar surface area (TPSA) is 66.8 Å². The first-order valence-corrected chi connectivity index (χ1v) is 14.3. The van der Waals surface area contributed by atoms with Crippen LogP contribution in [0.25, 0.3) is 0 Å². The number of carbonyl (C=O) groups is 1. The lowest BCUT2D eigenvalue weighted by Crippen LogP contribution is -2.36. The van der Waals surface area contributed by atoms with E-state index >= 15 is 0 Å².